The zero-order chi connectivity index (χ0) is 23.9. The van der Waals surface area contributed by atoms with E-state index < -0.39 is 9.84 Å². The number of urea groups is 1. The highest BCUT2D eigenvalue weighted by Crippen LogP contribution is 2.34. The molecule has 1 aliphatic heterocycles. The number of aromatic amines is 1. The molecule has 1 saturated carbocycles. The number of rotatable bonds is 4. The van der Waals surface area contributed by atoms with Crippen LogP contribution in [0.2, 0.25) is 0 Å². The van der Waals surface area contributed by atoms with Crippen LogP contribution < -0.4 is 5.32 Å². The summed E-state index contributed by atoms with van der Waals surface area (Å²) in [6.07, 6.45) is 11.7. The second kappa shape index (κ2) is 8.91. The molecule has 3 aromatic rings. The van der Waals surface area contributed by atoms with Gasteiger partial charge in [0.15, 0.2) is 9.84 Å². The summed E-state index contributed by atoms with van der Waals surface area (Å²) in [6.45, 7) is 3.42. The van der Waals surface area contributed by atoms with Crippen molar-refractivity contribution in [1.82, 2.24) is 20.2 Å². The second-order valence-corrected chi connectivity index (χ2v) is 11.5. The van der Waals surface area contributed by atoms with Gasteiger partial charge in [-0.3, -0.25) is 0 Å². The lowest BCUT2D eigenvalue weighted by Crippen LogP contribution is -2.47. The molecule has 1 aromatic carbocycles. The largest absolute Gasteiger partial charge is 0.346 e. The molecule has 2 amide bonds. The molecular weight excluding hydrogens is 448 g/mol. The van der Waals surface area contributed by atoms with E-state index in [-0.39, 0.29) is 11.9 Å². The molecule has 2 aromatic heterocycles. The van der Waals surface area contributed by atoms with Crippen molar-refractivity contribution in [2.75, 3.05) is 19.3 Å². The van der Waals surface area contributed by atoms with Gasteiger partial charge in [-0.05, 0) is 48.1 Å². The van der Waals surface area contributed by atoms with Gasteiger partial charge in [0.05, 0.1) is 4.90 Å². The van der Waals surface area contributed by atoms with Gasteiger partial charge in [-0.25, -0.2) is 18.2 Å². The number of benzene rings is 1. The monoisotopic (exact) mass is 478 g/mol. The third-order valence-electron chi connectivity index (χ3n) is 6.98. The number of nitrogens with zero attached hydrogens (tertiary/aromatic N) is 2. The summed E-state index contributed by atoms with van der Waals surface area (Å²) in [5.74, 6) is 0.194. The SMILES string of the molecule is CC1CN(C(=O)NC2CCCC2)CC=C1c1c[nH]c2ncc(-c3ccc(S(C)(=O)=O)cc3)cc12. The zero-order valence-electron chi connectivity index (χ0n) is 19.5. The van der Waals surface area contributed by atoms with E-state index in [1.54, 1.807) is 18.3 Å². The Kier molecular flexibility index (Phi) is 5.93. The molecule has 0 spiro atoms. The summed E-state index contributed by atoms with van der Waals surface area (Å²) >= 11 is 0. The van der Waals surface area contributed by atoms with Gasteiger partial charge in [0.1, 0.15) is 5.65 Å². The second-order valence-electron chi connectivity index (χ2n) is 9.52. The number of aromatic nitrogens is 2. The molecule has 178 valence electrons. The minimum atomic E-state index is -3.23. The fourth-order valence-electron chi connectivity index (χ4n) is 5.09. The van der Waals surface area contributed by atoms with Gasteiger partial charge in [0.2, 0.25) is 0 Å². The van der Waals surface area contributed by atoms with Crippen LogP contribution in [-0.4, -0.2) is 54.7 Å². The van der Waals surface area contributed by atoms with Crippen molar-refractivity contribution in [2.24, 2.45) is 5.92 Å². The Balaban J connectivity index is 1.39. The van der Waals surface area contributed by atoms with Gasteiger partial charge in [-0.2, -0.15) is 0 Å². The van der Waals surface area contributed by atoms with Gasteiger partial charge in [-0.15, -0.1) is 0 Å². The minimum absolute atomic E-state index is 0.0365. The first-order valence-electron chi connectivity index (χ1n) is 11.8. The van der Waals surface area contributed by atoms with Crippen LogP contribution in [0.4, 0.5) is 4.79 Å². The highest BCUT2D eigenvalue weighted by molar-refractivity contribution is 7.90. The first kappa shape index (κ1) is 22.7. The summed E-state index contributed by atoms with van der Waals surface area (Å²) in [6, 6.07) is 9.33. The molecule has 0 radical (unpaired) electrons. The van der Waals surface area contributed by atoms with Crippen LogP contribution in [0.3, 0.4) is 0 Å². The number of fused-ring (bicyclic) bond motifs is 1. The van der Waals surface area contributed by atoms with Crippen LogP contribution in [0.5, 0.6) is 0 Å². The Morgan fingerprint density at radius 3 is 2.56 bits per heavy atom. The Morgan fingerprint density at radius 1 is 1.15 bits per heavy atom. The van der Waals surface area contributed by atoms with Crippen LogP contribution in [-0.2, 0) is 9.84 Å². The van der Waals surface area contributed by atoms with Crippen molar-refractivity contribution in [2.45, 2.75) is 43.5 Å². The maximum Gasteiger partial charge on any atom is 0.317 e. The van der Waals surface area contributed by atoms with E-state index in [2.05, 4.69) is 34.4 Å². The van der Waals surface area contributed by atoms with Crippen LogP contribution in [0.25, 0.3) is 27.7 Å². The van der Waals surface area contributed by atoms with Crippen molar-refractivity contribution < 1.29 is 13.2 Å². The summed E-state index contributed by atoms with van der Waals surface area (Å²) in [5.41, 5.74) is 4.95. The van der Waals surface area contributed by atoms with E-state index >= 15 is 0 Å². The van der Waals surface area contributed by atoms with Crippen LogP contribution >= 0.6 is 0 Å². The van der Waals surface area contributed by atoms with Crippen molar-refractivity contribution in [3.63, 3.8) is 0 Å². The van der Waals surface area contributed by atoms with Crippen molar-refractivity contribution in [3.8, 4) is 11.1 Å². The first-order valence-corrected chi connectivity index (χ1v) is 13.7. The molecule has 34 heavy (non-hydrogen) atoms. The Bertz CT molecular complexity index is 1350. The number of hydrogen-bond donors (Lipinski definition) is 2. The average Bonchev–Trinajstić information content (AvgIpc) is 3.48. The summed E-state index contributed by atoms with van der Waals surface area (Å²) in [7, 11) is -3.23. The van der Waals surface area contributed by atoms with E-state index in [1.807, 2.05) is 23.2 Å². The fraction of sp³-hybridized carbons (Fsp3) is 0.385. The maximum atomic E-state index is 12.7. The highest BCUT2D eigenvalue weighted by Gasteiger charge is 2.27. The standard InChI is InChI=1S/C26H30N4O3S/c1-17-16-30(26(31)29-20-5-3-4-6-20)12-11-22(17)24-15-28-25-23(24)13-19(14-27-25)18-7-9-21(10-8-18)34(2,32)33/h7-11,13-15,17,20H,3-6,12,16H2,1-2H3,(H,27,28)(H,29,31). The predicted octanol–water partition coefficient (Wildman–Crippen LogP) is 4.62. The third-order valence-corrected chi connectivity index (χ3v) is 8.11. The number of carbonyl (C=O) groups is 1. The van der Waals surface area contributed by atoms with Crippen molar-refractivity contribution in [1.29, 1.82) is 0 Å². The molecule has 0 bridgehead atoms. The normalized spacial score (nSPS) is 19.4. The van der Waals surface area contributed by atoms with Crippen LogP contribution in [0.1, 0.15) is 38.2 Å². The van der Waals surface area contributed by atoms with Gasteiger partial charge in [-0.1, -0.05) is 38.0 Å². The van der Waals surface area contributed by atoms with Crippen molar-refractivity contribution >= 4 is 32.5 Å². The number of sulfone groups is 1. The lowest BCUT2D eigenvalue weighted by molar-refractivity contribution is 0.193. The number of nitrogens with one attached hydrogen (secondary N) is 2. The molecule has 2 N–H and O–H groups in total. The smallest absolute Gasteiger partial charge is 0.317 e. The minimum Gasteiger partial charge on any atom is -0.346 e. The Labute approximate surface area is 200 Å². The van der Waals surface area contributed by atoms with Crippen LogP contribution in [0, 0.1) is 5.92 Å². The molecule has 8 heteroatoms. The van der Waals surface area contributed by atoms with Gasteiger partial charge < -0.3 is 15.2 Å². The average molecular weight is 479 g/mol. The van der Waals surface area contributed by atoms with E-state index in [9.17, 15) is 13.2 Å². The van der Waals surface area contributed by atoms with E-state index in [4.69, 9.17) is 0 Å². The molecule has 7 nitrogen and oxygen atoms in total. The van der Waals surface area contributed by atoms with Gasteiger partial charge in [0.25, 0.3) is 0 Å². The molecule has 0 saturated heterocycles. The zero-order valence-corrected chi connectivity index (χ0v) is 20.4. The quantitative estimate of drug-likeness (QED) is 0.572. The topological polar surface area (TPSA) is 95.2 Å². The van der Waals surface area contributed by atoms with E-state index in [0.29, 0.717) is 24.0 Å². The molecule has 1 aliphatic carbocycles. The number of H-pyrrole nitrogens is 1. The van der Waals surface area contributed by atoms with E-state index in [0.717, 1.165) is 40.6 Å². The van der Waals surface area contributed by atoms with Crippen LogP contribution in [0.15, 0.2) is 53.7 Å². The van der Waals surface area contributed by atoms with Gasteiger partial charge >= 0.3 is 6.03 Å². The molecule has 5 rings (SSSR count). The number of amides is 2. The maximum absolute atomic E-state index is 12.7. The van der Waals surface area contributed by atoms with E-state index in [1.165, 1.54) is 24.7 Å². The highest BCUT2D eigenvalue weighted by atomic mass is 32.2. The molecule has 2 aliphatic rings. The number of hydrogen-bond acceptors (Lipinski definition) is 4. The van der Waals surface area contributed by atoms with Crippen molar-refractivity contribution in [3.05, 3.63) is 54.4 Å². The Morgan fingerprint density at radius 2 is 1.88 bits per heavy atom. The lowest BCUT2D eigenvalue weighted by atomic mass is 9.90. The molecular formula is C26H30N4O3S. The summed E-state index contributed by atoms with van der Waals surface area (Å²) in [4.78, 5) is 22.8. The lowest BCUT2D eigenvalue weighted by Gasteiger charge is -2.32. The van der Waals surface area contributed by atoms with Gasteiger partial charge in [0, 0.05) is 54.3 Å². The molecule has 3 heterocycles. The number of pyridine rings is 1. The molecule has 1 unspecified atom stereocenters. The Hall–Kier alpha value is -3.13. The first-order chi connectivity index (χ1) is 16.3. The predicted molar refractivity (Wildman–Crippen MR) is 134 cm³/mol. The third kappa shape index (κ3) is 4.46. The summed E-state index contributed by atoms with van der Waals surface area (Å²) in [5, 5.41) is 4.21. The number of carbonyl (C=O) groups excluding carboxylic acids is 1. The summed E-state index contributed by atoms with van der Waals surface area (Å²) < 4.78 is 23.5. The fourth-order valence-corrected chi connectivity index (χ4v) is 5.72. The molecule has 1 atom stereocenters. The molecule has 1 fully saturated rings.